The predicted octanol–water partition coefficient (Wildman–Crippen LogP) is 3.52. The van der Waals surface area contributed by atoms with Crippen molar-refractivity contribution in [1.82, 2.24) is 0 Å². The first-order valence-electron chi connectivity index (χ1n) is 5.20. The summed E-state index contributed by atoms with van der Waals surface area (Å²) in [4.78, 5) is 0. The normalized spacial score (nSPS) is 10.6. The molecule has 0 spiro atoms. The molecule has 0 aromatic heterocycles. The lowest BCUT2D eigenvalue weighted by Gasteiger charge is -2.07. The first-order chi connectivity index (χ1) is 7.31. The van der Waals surface area contributed by atoms with Gasteiger partial charge in [0.15, 0.2) is 11.5 Å². The fourth-order valence-electron chi connectivity index (χ4n) is 1.34. The van der Waals surface area contributed by atoms with Gasteiger partial charge in [0.2, 0.25) is 0 Å². The van der Waals surface area contributed by atoms with Crippen molar-refractivity contribution in [3.05, 3.63) is 29.8 Å². The molecular formula is C13H18O2. The van der Waals surface area contributed by atoms with E-state index in [1.807, 2.05) is 18.2 Å². The molecule has 0 aliphatic carbocycles. The summed E-state index contributed by atoms with van der Waals surface area (Å²) in [5, 5.41) is 0. The molecule has 0 aliphatic heterocycles. The van der Waals surface area contributed by atoms with Gasteiger partial charge in [-0.3, -0.25) is 0 Å². The zero-order chi connectivity index (χ0) is 11.1. The standard InChI is InChI=1S/C13H18O2/c1-4-5-6-7-11-8-9-12(14-2)13(10-11)15-3/h6-10H,4-5H2,1-3H3. The molecule has 0 amide bonds. The second kappa shape index (κ2) is 6.12. The molecule has 82 valence electrons. The lowest BCUT2D eigenvalue weighted by atomic mass is 10.1. The van der Waals surface area contributed by atoms with Gasteiger partial charge in [-0.05, 0) is 24.1 Å². The first kappa shape index (κ1) is 11.6. The number of benzene rings is 1. The molecule has 0 radical (unpaired) electrons. The lowest BCUT2D eigenvalue weighted by molar-refractivity contribution is 0.355. The minimum Gasteiger partial charge on any atom is -0.493 e. The highest BCUT2D eigenvalue weighted by Crippen LogP contribution is 2.27. The van der Waals surface area contributed by atoms with Crippen LogP contribution in [-0.4, -0.2) is 14.2 Å². The van der Waals surface area contributed by atoms with Gasteiger partial charge in [-0.2, -0.15) is 0 Å². The van der Waals surface area contributed by atoms with Gasteiger partial charge in [0.1, 0.15) is 0 Å². The van der Waals surface area contributed by atoms with E-state index in [-0.39, 0.29) is 0 Å². The van der Waals surface area contributed by atoms with E-state index in [1.165, 1.54) is 6.42 Å². The summed E-state index contributed by atoms with van der Waals surface area (Å²) >= 11 is 0. The molecule has 0 atom stereocenters. The van der Waals surface area contributed by atoms with Crippen molar-refractivity contribution in [3.8, 4) is 11.5 Å². The molecule has 0 heterocycles. The van der Waals surface area contributed by atoms with E-state index in [0.717, 1.165) is 23.5 Å². The maximum absolute atomic E-state index is 5.22. The Kier molecular flexibility index (Phi) is 4.75. The summed E-state index contributed by atoms with van der Waals surface area (Å²) in [5.41, 5.74) is 1.14. The number of methoxy groups -OCH3 is 2. The number of rotatable bonds is 5. The Balaban J connectivity index is 2.83. The number of hydrogen-bond acceptors (Lipinski definition) is 2. The second-order valence-corrected chi connectivity index (χ2v) is 3.31. The average Bonchev–Trinajstić information content (AvgIpc) is 2.29. The molecule has 0 aliphatic rings. The maximum atomic E-state index is 5.22. The zero-order valence-electron chi connectivity index (χ0n) is 9.62. The fourth-order valence-corrected chi connectivity index (χ4v) is 1.34. The van der Waals surface area contributed by atoms with Crippen molar-refractivity contribution >= 4 is 6.08 Å². The van der Waals surface area contributed by atoms with Crippen molar-refractivity contribution in [2.75, 3.05) is 14.2 Å². The van der Waals surface area contributed by atoms with Crippen LogP contribution in [0.3, 0.4) is 0 Å². The van der Waals surface area contributed by atoms with Crippen molar-refractivity contribution in [1.29, 1.82) is 0 Å². The van der Waals surface area contributed by atoms with Crippen molar-refractivity contribution in [3.63, 3.8) is 0 Å². The van der Waals surface area contributed by atoms with Crippen molar-refractivity contribution in [2.24, 2.45) is 0 Å². The van der Waals surface area contributed by atoms with E-state index in [0.29, 0.717) is 0 Å². The molecule has 0 fully saturated rings. The molecule has 2 nitrogen and oxygen atoms in total. The highest BCUT2D eigenvalue weighted by atomic mass is 16.5. The summed E-state index contributed by atoms with van der Waals surface area (Å²) in [6.45, 7) is 2.17. The van der Waals surface area contributed by atoms with Crippen LogP contribution < -0.4 is 9.47 Å². The molecular weight excluding hydrogens is 188 g/mol. The van der Waals surface area contributed by atoms with Gasteiger partial charge in [0, 0.05) is 0 Å². The van der Waals surface area contributed by atoms with Gasteiger partial charge in [0.05, 0.1) is 14.2 Å². The molecule has 1 aromatic carbocycles. The van der Waals surface area contributed by atoms with E-state index < -0.39 is 0 Å². The summed E-state index contributed by atoms with van der Waals surface area (Å²) < 4.78 is 10.4. The third-order valence-electron chi connectivity index (χ3n) is 2.17. The van der Waals surface area contributed by atoms with Crippen LogP contribution in [-0.2, 0) is 0 Å². The Labute approximate surface area is 91.5 Å². The van der Waals surface area contributed by atoms with Gasteiger partial charge in [-0.15, -0.1) is 0 Å². The topological polar surface area (TPSA) is 18.5 Å². The smallest absolute Gasteiger partial charge is 0.161 e. The SMILES string of the molecule is CCCC=Cc1ccc(OC)c(OC)c1. The second-order valence-electron chi connectivity index (χ2n) is 3.31. The van der Waals surface area contributed by atoms with Crippen LogP contribution in [0.2, 0.25) is 0 Å². The summed E-state index contributed by atoms with van der Waals surface area (Å²) in [5.74, 6) is 1.54. The largest absolute Gasteiger partial charge is 0.493 e. The van der Waals surface area contributed by atoms with E-state index in [9.17, 15) is 0 Å². The van der Waals surface area contributed by atoms with Gasteiger partial charge in [-0.25, -0.2) is 0 Å². The third kappa shape index (κ3) is 3.31. The summed E-state index contributed by atoms with van der Waals surface area (Å²) in [7, 11) is 3.29. The van der Waals surface area contributed by atoms with Gasteiger partial charge >= 0.3 is 0 Å². The summed E-state index contributed by atoms with van der Waals surface area (Å²) in [6.07, 6.45) is 6.55. The van der Waals surface area contributed by atoms with Crippen LogP contribution in [0.25, 0.3) is 6.08 Å². The Morgan fingerprint density at radius 1 is 1.13 bits per heavy atom. The highest BCUT2D eigenvalue weighted by molar-refractivity contribution is 5.55. The van der Waals surface area contributed by atoms with E-state index in [2.05, 4.69) is 19.1 Å². The highest BCUT2D eigenvalue weighted by Gasteiger charge is 2.01. The molecule has 1 aromatic rings. The lowest BCUT2D eigenvalue weighted by Crippen LogP contribution is -1.90. The van der Waals surface area contributed by atoms with Crippen molar-refractivity contribution in [2.45, 2.75) is 19.8 Å². The van der Waals surface area contributed by atoms with Gasteiger partial charge < -0.3 is 9.47 Å². The first-order valence-corrected chi connectivity index (χ1v) is 5.20. The monoisotopic (exact) mass is 206 g/mol. The molecule has 0 saturated carbocycles. The molecule has 0 saturated heterocycles. The Morgan fingerprint density at radius 3 is 2.47 bits per heavy atom. The Hall–Kier alpha value is -1.44. The van der Waals surface area contributed by atoms with Gasteiger partial charge in [-0.1, -0.05) is 31.6 Å². The zero-order valence-corrected chi connectivity index (χ0v) is 9.62. The molecule has 0 N–H and O–H groups in total. The molecule has 0 bridgehead atoms. The minimum absolute atomic E-state index is 0.769. The molecule has 2 heteroatoms. The van der Waals surface area contributed by atoms with Crippen LogP contribution in [0, 0.1) is 0 Å². The van der Waals surface area contributed by atoms with E-state index in [4.69, 9.17) is 9.47 Å². The quantitative estimate of drug-likeness (QED) is 0.734. The minimum atomic E-state index is 0.769. The van der Waals surface area contributed by atoms with Crippen LogP contribution in [0.5, 0.6) is 11.5 Å². The fraction of sp³-hybridized carbons (Fsp3) is 0.385. The van der Waals surface area contributed by atoms with E-state index in [1.54, 1.807) is 14.2 Å². The van der Waals surface area contributed by atoms with E-state index >= 15 is 0 Å². The third-order valence-corrected chi connectivity index (χ3v) is 2.17. The van der Waals surface area contributed by atoms with Crippen LogP contribution in [0.4, 0.5) is 0 Å². The average molecular weight is 206 g/mol. The molecule has 1 rings (SSSR count). The number of hydrogen-bond donors (Lipinski definition) is 0. The van der Waals surface area contributed by atoms with Crippen molar-refractivity contribution < 1.29 is 9.47 Å². The van der Waals surface area contributed by atoms with Gasteiger partial charge in [0.25, 0.3) is 0 Å². The predicted molar refractivity (Wildman–Crippen MR) is 63.5 cm³/mol. The maximum Gasteiger partial charge on any atom is 0.161 e. The number of ether oxygens (including phenoxy) is 2. The Bertz CT molecular complexity index is 329. The number of allylic oxidation sites excluding steroid dienone is 1. The number of unbranched alkanes of at least 4 members (excludes halogenated alkanes) is 1. The molecule has 0 unspecified atom stereocenters. The molecule has 15 heavy (non-hydrogen) atoms. The Morgan fingerprint density at radius 2 is 1.87 bits per heavy atom. The summed E-state index contributed by atoms with van der Waals surface area (Å²) in [6, 6.07) is 5.92. The van der Waals surface area contributed by atoms with Crippen LogP contribution >= 0.6 is 0 Å². The van der Waals surface area contributed by atoms with Crippen LogP contribution in [0.15, 0.2) is 24.3 Å². The van der Waals surface area contributed by atoms with Crippen LogP contribution in [0.1, 0.15) is 25.3 Å².